The summed E-state index contributed by atoms with van der Waals surface area (Å²) in [5.41, 5.74) is 2.33. The molecular formula is C15H21NOS. The molecule has 0 bridgehead atoms. The highest BCUT2D eigenvalue weighted by Crippen LogP contribution is 2.49. The molecule has 18 heavy (non-hydrogen) atoms. The lowest BCUT2D eigenvalue weighted by Gasteiger charge is -2.16. The van der Waals surface area contributed by atoms with Gasteiger partial charge in [-0.15, -0.1) is 0 Å². The van der Waals surface area contributed by atoms with Crippen molar-refractivity contribution in [3.63, 3.8) is 0 Å². The van der Waals surface area contributed by atoms with Crippen molar-refractivity contribution < 1.29 is 4.79 Å². The van der Waals surface area contributed by atoms with E-state index >= 15 is 0 Å². The fourth-order valence-electron chi connectivity index (χ4n) is 2.22. The number of amides is 1. The van der Waals surface area contributed by atoms with E-state index in [9.17, 15) is 4.79 Å². The summed E-state index contributed by atoms with van der Waals surface area (Å²) in [4.78, 5) is 12.1. The number of para-hydroxylation sites is 1. The minimum atomic E-state index is 0.120. The van der Waals surface area contributed by atoms with Crippen LogP contribution < -0.4 is 5.32 Å². The topological polar surface area (TPSA) is 29.1 Å². The molecule has 0 aromatic heterocycles. The van der Waals surface area contributed by atoms with E-state index in [1.54, 1.807) is 0 Å². The second kappa shape index (κ2) is 5.35. The molecule has 98 valence electrons. The number of thiol groups is 1. The summed E-state index contributed by atoms with van der Waals surface area (Å²) >= 11 is 4.34. The van der Waals surface area contributed by atoms with Crippen molar-refractivity contribution in [3.8, 4) is 0 Å². The van der Waals surface area contributed by atoms with Crippen LogP contribution in [0.1, 0.15) is 44.6 Å². The zero-order valence-electron chi connectivity index (χ0n) is 11.1. The smallest absolute Gasteiger partial charge is 0.224 e. The second-order valence-corrected chi connectivity index (χ2v) is 5.94. The van der Waals surface area contributed by atoms with E-state index in [1.807, 2.05) is 18.2 Å². The molecule has 0 radical (unpaired) electrons. The van der Waals surface area contributed by atoms with Crippen molar-refractivity contribution in [2.75, 3.05) is 11.1 Å². The summed E-state index contributed by atoms with van der Waals surface area (Å²) in [7, 11) is 0. The summed E-state index contributed by atoms with van der Waals surface area (Å²) in [5.74, 6) is 1.35. The third-order valence-corrected chi connectivity index (χ3v) is 4.36. The summed E-state index contributed by atoms with van der Waals surface area (Å²) in [6.45, 7) is 4.28. The fraction of sp³-hybridized carbons (Fsp3) is 0.533. The molecule has 0 spiro atoms. The molecule has 2 nitrogen and oxygen atoms in total. The molecule has 2 rings (SSSR count). The normalized spacial score (nSPS) is 16.7. The molecule has 1 aromatic carbocycles. The van der Waals surface area contributed by atoms with Crippen molar-refractivity contribution in [1.82, 2.24) is 0 Å². The monoisotopic (exact) mass is 263 g/mol. The molecule has 3 heteroatoms. The molecule has 0 unspecified atom stereocenters. The Kier molecular flexibility index (Phi) is 4.00. The van der Waals surface area contributed by atoms with Crippen molar-refractivity contribution in [1.29, 1.82) is 0 Å². The number of rotatable bonds is 5. The van der Waals surface area contributed by atoms with Gasteiger partial charge < -0.3 is 5.32 Å². The average molecular weight is 263 g/mol. The molecule has 1 aliphatic rings. The van der Waals surface area contributed by atoms with Crippen molar-refractivity contribution in [3.05, 3.63) is 29.8 Å². The zero-order valence-corrected chi connectivity index (χ0v) is 12.0. The maximum atomic E-state index is 12.1. The Hall–Kier alpha value is -0.960. The van der Waals surface area contributed by atoms with Crippen LogP contribution in [0.2, 0.25) is 0 Å². The van der Waals surface area contributed by atoms with E-state index in [-0.39, 0.29) is 11.3 Å². The Morgan fingerprint density at radius 2 is 2.06 bits per heavy atom. The number of benzene rings is 1. The highest BCUT2D eigenvalue weighted by atomic mass is 32.1. The molecule has 0 heterocycles. The van der Waals surface area contributed by atoms with E-state index in [0.717, 1.165) is 24.3 Å². The van der Waals surface area contributed by atoms with Crippen molar-refractivity contribution >= 4 is 24.2 Å². The highest BCUT2D eigenvalue weighted by molar-refractivity contribution is 7.80. The SMILES string of the molecule is CC(C)c1ccccc1NC(=O)CC1(CS)CC1. The van der Waals surface area contributed by atoms with Crippen LogP contribution in [-0.4, -0.2) is 11.7 Å². The third-order valence-electron chi connectivity index (χ3n) is 3.68. The van der Waals surface area contributed by atoms with Gasteiger partial charge in [0, 0.05) is 12.1 Å². The largest absolute Gasteiger partial charge is 0.326 e. The van der Waals surface area contributed by atoms with Gasteiger partial charge in [0.25, 0.3) is 0 Å². The van der Waals surface area contributed by atoms with Crippen LogP contribution in [0.5, 0.6) is 0 Å². The first-order valence-electron chi connectivity index (χ1n) is 6.56. The van der Waals surface area contributed by atoms with E-state index < -0.39 is 0 Å². The number of carbonyl (C=O) groups excluding carboxylic acids is 1. The first kappa shape index (κ1) is 13.5. The van der Waals surface area contributed by atoms with Crippen LogP contribution >= 0.6 is 12.6 Å². The molecule has 1 saturated carbocycles. The van der Waals surface area contributed by atoms with E-state index in [2.05, 4.69) is 37.9 Å². The Morgan fingerprint density at radius 3 is 2.61 bits per heavy atom. The number of anilines is 1. The van der Waals surface area contributed by atoms with Crippen LogP contribution in [-0.2, 0) is 4.79 Å². The summed E-state index contributed by atoms with van der Waals surface area (Å²) in [6, 6.07) is 8.04. The quantitative estimate of drug-likeness (QED) is 0.776. The molecule has 1 N–H and O–H groups in total. The number of hydrogen-bond donors (Lipinski definition) is 2. The minimum Gasteiger partial charge on any atom is -0.326 e. The predicted molar refractivity (Wildman–Crippen MR) is 79.3 cm³/mol. The standard InChI is InChI=1S/C15H21NOS/c1-11(2)12-5-3-4-6-13(12)16-14(17)9-15(10-18)7-8-15/h3-6,11,18H,7-10H2,1-2H3,(H,16,17). The summed E-state index contributed by atoms with van der Waals surface area (Å²) < 4.78 is 0. The molecule has 1 aliphatic carbocycles. The van der Waals surface area contributed by atoms with Gasteiger partial charge in [-0.2, -0.15) is 12.6 Å². The Bertz CT molecular complexity index is 438. The Morgan fingerprint density at radius 1 is 1.39 bits per heavy atom. The van der Waals surface area contributed by atoms with Gasteiger partial charge in [-0.1, -0.05) is 32.0 Å². The molecule has 0 atom stereocenters. The molecule has 1 fully saturated rings. The minimum absolute atomic E-state index is 0.120. The second-order valence-electron chi connectivity index (χ2n) is 5.63. The number of nitrogens with one attached hydrogen (secondary N) is 1. The fourth-order valence-corrected chi connectivity index (χ4v) is 2.64. The highest BCUT2D eigenvalue weighted by Gasteiger charge is 2.42. The van der Waals surface area contributed by atoms with Crippen LogP contribution in [0.4, 0.5) is 5.69 Å². The van der Waals surface area contributed by atoms with Crippen molar-refractivity contribution in [2.24, 2.45) is 5.41 Å². The van der Waals surface area contributed by atoms with Gasteiger partial charge in [0.05, 0.1) is 0 Å². The van der Waals surface area contributed by atoms with E-state index in [4.69, 9.17) is 0 Å². The first-order valence-corrected chi connectivity index (χ1v) is 7.19. The lowest BCUT2D eigenvalue weighted by atomic mass is 10.0. The van der Waals surface area contributed by atoms with Gasteiger partial charge in [0.15, 0.2) is 0 Å². The van der Waals surface area contributed by atoms with Crippen LogP contribution in [0, 0.1) is 5.41 Å². The Balaban J connectivity index is 2.03. The lowest BCUT2D eigenvalue weighted by molar-refractivity contribution is -0.117. The van der Waals surface area contributed by atoms with Gasteiger partial charge in [0.1, 0.15) is 0 Å². The van der Waals surface area contributed by atoms with E-state index in [0.29, 0.717) is 12.3 Å². The van der Waals surface area contributed by atoms with Gasteiger partial charge in [-0.25, -0.2) is 0 Å². The number of hydrogen-bond acceptors (Lipinski definition) is 2. The predicted octanol–water partition coefficient (Wildman–Crippen LogP) is 3.85. The summed E-state index contributed by atoms with van der Waals surface area (Å²) in [5, 5.41) is 3.05. The molecule has 0 aliphatic heterocycles. The molecule has 1 amide bonds. The van der Waals surface area contributed by atoms with Crippen LogP contribution in [0.3, 0.4) is 0 Å². The first-order chi connectivity index (χ1) is 8.56. The lowest BCUT2D eigenvalue weighted by Crippen LogP contribution is -2.19. The molecule has 1 aromatic rings. The zero-order chi connectivity index (χ0) is 13.2. The maximum absolute atomic E-state index is 12.1. The van der Waals surface area contributed by atoms with Crippen molar-refractivity contribution in [2.45, 2.75) is 39.0 Å². The van der Waals surface area contributed by atoms with Gasteiger partial charge in [-0.3, -0.25) is 4.79 Å². The summed E-state index contributed by atoms with van der Waals surface area (Å²) in [6.07, 6.45) is 2.87. The van der Waals surface area contributed by atoms with Crippen LogP contribution in [0.15, 0.2) is 24.3 Å². The molecular weight excluding hydrogens is 242 g/mol. The third kappa shape index (κ3) is 3.08. The van der Waals surface area contributed by atoms with Gasteiger partial charge in [0.2, 0.25) is 5.91 Å². The maximum Gasteiger partial charge on any atom is 0.224 e. The number of carbonyl (C=O) groups is 1. The molecule has 0 saturated heterocycles. The van der Waals surface area contributed by atoms with Crippen LogP contribution in [0.25, 0.3) is 0 Å². The van der Waals surface area contributed by atoms with Gasteiger partial charge >= 0.3 is 0 Å². The van der Waals surface area contributed by atoms with Gasteiger partial charge in [-0.05, 0) is 41.6 Å². The van der Waals surface area contributed by atoms with E-state index in [1.165, 1.54) is 5.56 Å². The average Bonchev–Trinajstić information content (AvgIpc) is 3.09. The Labute approximate surface area is 115 Å².